The molecule has 0 aliphatic heterocycles. The summed E-state index contributed by atoms with van der Waals surface area (Å²) in [6.45, 7) is 0. The molecule has 5 nitrogen and oxygen atoms in total. The average molecular weight is 298 g/mol. The minimum Gasteiger partial charge on any atom is -0.388 e. The second-order valence-electron chi connectivity index (χ2n) is 3.74. The van der Waals surface area contributed by atoms with Gasteiger partial charge in [0.05, 0.1) is 9.92 Å². The van der Waals surface area contributed by atoms with E-state index >= 15 is 0 Å². The molecule has 0 atom stereocenters. The summed E-state index contributed by atoms with van der Waals surface area (Å²) in [5, 5.41) is 3.36. The Bertz CT molecular complexity index is 654. The zero-order chi connectivity index (χ0) is 13.9. The van der Waals surface area contributed by atoms with Gasteiger partial charge in [-0.05, 0) is 36.4 Å². The fraction of sp³-hybridized carbons (Fsp3) is 0.0833. The van der Waals surface area contributed by atoms with Gasteiger partial charge in [-0.15, -0.1) is 0 Å². The topological polar surface area (TPSA) is 71.1 Å². The molecular weight excluding hydrogens is 286 g/mol. The normalized spacial score (nSPS) is 11.1. The van der Waals surface area contributed by atoms with Gasteiger partial charge in [-0.25, -0.2) is 13.4 Å². The van der Waals surface area contributed by atoms with Crippen LogP contribution in [0.3, 0.4) is 0 Å². The molecule has 1 aromatic carbocycles. The van der Waals surface area contributed by atoms with Crippen molar-refractivity contribution in [3.8, 4) is 0 Å². The zero-order valence-corrected chi connectivity index (χ0v) is 11.7. The molecule has 2 rings (SSSR count). The van der Waals surface area contributed by atoms with E-state index < -0.39 is 10.0 Å². The molecular formula is C12H12ClN3O2S. The quantitative estimate of drug-likeness (QED) is 0.910. The van der Waals surface area contributed by atoms with Gasteiger partial charge in [0.25, 0.3) is 10.0 Å². The Hall–Kier alpha value is -1.79. The Morgan fingerprint density at radius 3 is 2.32 bits per heavy atom. The van der Waals surface area contributed by atoms with Crippen molar-refractivity contribution in [1.82, 2.24) is 4.98 Å². The lowest BCUT2D eigenvalue weighted by molar-refractivity contribution is 0.601. The van der Waals surface area contributed by atoms with Gasteiger partial charge in [0.2, 0.25) is 0 Å². The Kier molecular flexibility index (Phi) is 3.92. The first-order valence-electron chi connectivity index (χ1n) is 5.43. The minimum atomic E-state index is -3.63. The first-order valence-corrected chi connectivity index (χ1v) is 7.29. The number of sulfonamides is 1. The van der Waals surface area contributed by atoms with E-state index in [-0.39, 0.29) is 10.7 Å². The molecule has 7 heteroatoms. The highest BCUT2D eigenvalue weighted by molar-refractivity contribution is 7.92. The van der Waals surface area contributed by atoms with Crippen LogP contribution < -0.4 is 10.0 Å². The van der Waals surface area contributed by atoms with Gasteiger partial charge in [0, 0.05) is 18.9 Å². The number of nitrogens with zero attached hydrogens (tertiary/aromatic N) is 1. The first kappa shape index (κ1) is 13.6. The summed E-state index contributed by atoms with van der Waals surface area (Å²) < 4.78 is 26.5. The van der Waals surface area contributed by atoms with Crippen molar-refractivity contribution >= 4 is 33.1 Å². The summed E-state index contributed by atoms with van der Waals surface area (Å²) in [5.74, 6) is 0.224. The molecule has 1 aromatic heterocycles. The van der Waals surface area contributed by atoms with Crippen molar-refractivity contribution in [2.45, 2.75) is 4.90 Å². The highest BCUT2D eigenvalue weighted by Crippen LogP contribution is 2.17. The summed E-state index contributed by atoms with van der Waals surface area (Å²) in [6.07, 6.45) is 1.38. The molecule has 0 amide bonds. The molecule has 19 heavy (non-hydrogen) atoms. The SMILES string of the molecule is CNc1ccc(S(=O)(=O)Nc2ccc(Cl)cn2)cc1. The van der Waals surface area contributed by atoms with Crippen LogP contribution >= 0.6 is 11.6 Å². The van der Waals surface area contributed by atoms with Crippen molar-refractivity contribution < 1.29 is 8.42 Å². The Morgan fingerprint density at radius 1 is 1.11 bits per heavy atom. The lowest BCUT2D eigenvalue weighted by atomic mass is 10.3. The van der Waals surface area contributed by atoms with Crippen molar-refractivity contribution in [2.75, 3.05) is 17.1 Å². The van der Waals surface area contributed by atoms with Crippen LogP contribution in [-0.4, -0.2) is 20.4 Å². The largest absolute Gasteiger partial charge is 0.388 e. The molecule has 0 saturated heterocycles. The van der Waals surface area contributed by atoms with Gasteiger partial charge < -0.3 is 5.32 Å². The van der Waals surface area contributed by atoms with Crippen LogP contribution in [-0.2, 0) is 10.0 Å². The van der Waals surface area contributed by atoms with Crippen molar-refractivity contribution in [3.63, 3.8) is 0 Å². The molecule has 2 N–H and O–H groups in total. The number of nitrogens with one attached hydrogen (secondary N) is 2. The van der Waals surface area contributed by atoms with Crippen molar-refractivity contribution in [2.24, 2.45) is 0 Å². The number of benzene rings is 1. The van der Waals surface area contributed by atoms with Gasteiger partial charge in [0.15, 0.2) is 0 Å². The van der Waals surface area contributed by atoms with Gasteiger partial charge in [0.1, 0.15) is 5.82 Å². The van der Waals surface area contributed by atoms with E-state index in [1.807, 2.05) is 0 Å². The smallest absolute Gasteiger partial charge is 0.263 e. The molecule has 0 radical (unpaired) electrons. The van der Waals surface area contributed by atoms with Crippen LogP contribution in [0.1, 0.15) is 0 Å². The summed E-state index contributed by atoms with van der Waals surface area (Å²) >= 11 is 5.69. The minimum absolute atomic E-state index is 0.170. The van der Waals surface area contributed by atoms with Crippen LogP contribution in [0.15, 0.2) is 47.5 Å². The molecule has 2 aromatic rings. The van der Waals surface area contributed by atoms with E-state index in [9.17, 15) is 8.42 Å². The molecule has 0 aliphatic carbocycles. The lowest BCUT2D eigenvalue weighted by Crippen LogP contribution is -2.13. The molecule has 0 spiro atoms. The number of anilines is 2. The predicted octanol–water partition coefficient (Wildman–Crippen LogP) is 2.58. The monoisotopic (exact) mass is 297 g/mol. The van der Waals surface area contributed by atoms with Crippen LogP contribution in [0.5, 0.6) is 0 Å². The fourth-order valence-corrected chi connectivity index (χ4v) is 2.55. The number of hydrogen-bond acceptors (Lipinski definition) is 4. The molecule has 0 unspecified atom stereocenters. The maximum Gasteiger partial charge on any atom is 0.263 e. The average Bonchev–Trinajstić information content (AvgIpc) is 2.41. The summed E-state index contributed by atoms with van der Waals surface area (Å²) in [5.41, 5.74) is 0.837. The van der Waals surface area contributed by atoms with E-state index in [0.29, 0.717) is 5.02 Å². The summed E-state index contributed by atoms with van der Waals surface area (Å²) in [4.78, 5) is 4.06. The fourth-order valence-electron chi connectivity index (χ4n) is 1.43. The van der Waals surface area contributed by atoms with E-state index in [4.69, 9.17) is 11.6 Å². The van der Waals surface area contributed by atoms with Crippen LogP contribution in [0, 0.1) is 0 Å². The molecule has 1 heterocycles. The third-order valence-electron chi connectivity index (χ3n) is 2.42. The third kappa shape index (κ3) is 3.36. The summed E-state index contributed by atoms with van der Waals surface area (Å²) in [7, 11) is -1.87. The second-order valence-corrected chi connectivity index (χ2v) is 5.86. The maximum absolute atomic E-state index is 12.1. The highest BCUT2D eigenvalue weighted by atomic mass is 35.5. The van der Waals surface area contributed by atoms with Gasteiger partial charge in [-0.2, -0.15) is 0 Å². The van der Waals surface area contributed by atoms with E-state index in [0.717, 1.165) is 5.69 Å². The number of hydrogen-bond donors (Lipinski definition) is 2. The molecule has 0 aliphatic rings. The molecule has 0 saturated carbocycles. The number of rotatable bonds is 4. The summed E-state index contributed by atoms with van der Waals surface area (Å²) in [6, 6.07) is 9.47. The van der Waals surface area contributed by atoms with E-state index in [1.165, 1.54) is 24.4 Å². The molecule has 0 bridgehead atoms. The van der Waals surface area contributed by atoms with Crippen LogP contribution in [0.4, 0.5) is 11.5 Å². The highest BCUT2D eigenvalue weighted by Gasteiger charge is 2.14. The van der Waals surface area contributed by atoms with Crippen LogP contribution in [0.25, 0.3) is 0 Å². The Balaban J connectivity index is 2.24. The number of aromatic nitrogens is 1. The standard InChI is InChI=1S/C12H12ClN3O2S/c1-14-10-3-5-11(6-4-10)19(17,18)16-12-7-2-9(13)8-15-12/h2-8,14H,1H3,(H,15,16). The predicted molar refractivity (Wildman–Crippen MR) is 76.0 cm³/mol. The number of pyridine rings is 1. The molecule has 0 fully saturated rings. The Labute approximate surface area is 116 Å². The second kappa shape index (κ2) is 5.46. The Morgan fingerprint density at radius 2 is 1.79 bits per heavy atom. The third-order valence-corrected chi connectivity index (χ3v) is 4.01. The zero-order valence-electron chi connectivity index (χ0n) is 10.1. The van der Waals surface area contributed by atoms with Crippen molar-refractivity contribution in [3.05, 3.63) is 47.6 Å². The van der Waals surface area contributed by atoms with Crippen LogP contribution in [0.2, 0.25) is 5.02 Å². The van der Waals surface area contributed by atoms with Gasteiger partial charge in [-0.3, -0.25) is 4.72 Å². The lowest BCUT2D eigenvalue weighted by Gasteiger charge is -2.08. The first-order chi connectivity index (χ1) is 9.01. The molecule has 100 valence electrons. The van der Waals surface area contributed by atoms with E-state index in [2.05, 4.69) is 15.0 Å². The number of halogens is 1. The maximum atomic E-state index is 12.1. The van der Waals surface area contributed by atoms with Gasteiger partial charge in [-0.1, -0.05) is 11.6 Å². The van der Waals surface area contributed by atoms with Gasteiger partial charge >= 0.3 is 0 Å². The van der Waals surface area contributed by atoms with Crippen molar-refractivity contribution in [1.29, 1.82) is 0 Å². The van der Waals surface area contributed by atoms with E-state index in [1.54, 1.807) is 25.2 Å².